The number of alkyl halides is 3. The summed E-state index contributed by atoms with van der Waals surface area (Å²) >= 11 is 1.65. The second-order valence-corrected chi connectivity index (χ2v) is 8.34. The first-order chi connectivity index (χ1) is 14.2. The lowest BCUT2D eigenvalue weighted by molar-refractivity contribution is -0.137. The lowest BCUT2D eigenvalue weighted by Gasteiger charge is -2.35. The van der Waals surface area contributed by atoms with Gasteiger partial charge in [-0.3, -0.25) is 4.79 Å². The number of fused-ring (bicyclic) bond motifs is 1. The van der Waals surface area contributed by atoms with Gasteiger partial charge in [0.25, 0.3) is 0 Å². The van der Waals surface area contributed by atoms with E-state index >= 15 is 0 Å². The molecule has 1 aliphatic rings. The van der Waals surface area contributed by atoms with Crippen molar-refractivity contribution in [3.05, 3.63) is 92.7 Å². The van der Waals surface area contributed by atoms with Gasteiger partial charge in [0, 0.05) is 23.7 Å². The number of allylic oxidation sites excluding steroid dienone is 1. The molecule has 0 saturated carbocycles. The van der Waals surface area contributed by atoms with Gasteiger partial charge in [-0.1, -0.05) is 12.1 Å². The SMILES string of the molecule is Cc1cc(C(=O)C=CN2CCc3sccc3C2c2ccc(C(F)(F)F)cc2)oc1C. The monoisotopic (exact) mass is 431 g/mol. The number of furan rings is 1. The zero-order chi connectivity index (χ0) is 21.5. The number of benzene rings is 1. The van der Waals surface area contributed by atoms with E-state index in [9.17, 15) is 18.0 Å². The lowest BCUT2D eigenvalue weighted by Crippen LogP contribution is -2.31. The Balaban J connectivity index is 1.64. The van der Waals surface area contributed by atoms with Crippen LogP contribution in [0.3, 0.4) is 0 Å². The molecule has 156 valence electrons. The number of ketones is 1. The Morgan fingerprint density at radius 1 is 1.20 bits per heavy atom. The summed E-state index contributed by atoms with van der Waals surface area (Å²) in [5.74, 6) is 0.740. The summed E-state index contributed by atoms with van der Waals surface area (Å²) in [5, 5.41) is 1.99. The van der Waals surface area contributed by atoms with E-state index in [0.29, 0.717) is 12.3 Å². The largest absolute Gasteiger partial charge is 0.458 e. The lowest BCUT2D eigenvalue weighted by atomic mass is 9.93. The molecule has 3 aromatic rings. The first-order valence-corrected chi connectivity index (χ1v) is 10.4. The molecular weight excluding hydrogens is 411 g/mol. The van der Waals surface area contributed by atoms with Crippen LogP contribution in [-0.4, -0.2) is 17.2 Å². The molecule has 3 nitrogen and oxygen atoms in total. The Morgan fingerprint density at radius 3 is 2.57 bits per heavy atom. The van der Waals surface area contributed by atoms with E-state index in [1.807, 2.05) is 23.3 Å². The van der Waals surface area contributed by atoms with Crippen LogP contribution in [0.2, 0.25) is 0 Å². The van der Waals surface area contributed by atoms with Crippen molar-refractivity contribution >= 4 is 17.1 Å². The van der Waals surface area contributed by atoms with Crippen LogP contribution in [0, 0.1) is 13.8 Å². The normalized spacial score (nSPS) is 16.8. The van der Waals surface area contributed by atoms with Gasteiger partial charge >= 0.3 is 6.18 Å². The standard InChI is InChI=1S/C23H20F3NO2S/c1-14-13-20(29-15(14)2)19(28)7-10-27-11-8-21-18(9-12-30-21)22(27)16-3-5-17(6-4-16)23(24,25)26/h3-7,9-10,12-13,22H,8,11H2,1-2H3. The van der Waals surface area contributed by atoms with Crippen molar-refractivity contribution < 1.29 is 22.4 Å². The zero-order valence-corrected chi connectivity index (χ0v) is 17.3. The Bertz CT molecular complexity index is 1070. The number of hydrogen-bond donors (Lipinski definition) is 0. The third-order valence-electron chi connectivity index (χ3n) is 5.38. The highest BCUT2D eigenvalue weighted by Gasteiger charge is 2.32. The Morgan fingerprint density at radius 2 is 1.93 bits per heavy atom. The van der Waals surface area contributed by atoms with Crippen molar-refractivity contribution in [3.63, 3.8) is 0 Å². The predicted molar refractivity (Wildman–Crippen MR) is 110 cm³/mol. The molecule has 1 aliphatic heterocycles. The fourth-order valence-corrected chi connectivity index (χ4v) is 4.57. The molecular formula is C23H20F3NO2S. The van der Waals surface area contributed by atoms with Gasteiger partial charge in [-0.15, -0.1) is 11.3 Å². The number of thiophene rings is 1. The summed E-state index contributed by atoms with van der Waals surface area (Å²) in [6.45, 7) is 4.35. The fourth-order valence-electron chi connectivity index (χ4n) is 3.66. The van der Waals surface area contributed by atoms with Crippen LogP contribution in [0.4, 0.5) is 13.2 Å². The quantitative estimate of drug-likeness (QED) is 0.358. The minimum absolute atomic E-state index is 0.242. The summed E-state index contributed by atoms with van der Waals surface area (Å²) < 4.78 is 44.4. The van der Waals surface area contributed by atoms with Crippen LogP contribution >= 0.6 is 11.3 Å². The molecule has 0 bridgehead atoms. The van der Waals surface area contributed by atoms with Crippen molar-refractivity contribution in [1.82, 2.24) is 4.90 Å². The molecule has 0 spiro atoms. The Hall–Kier alpha value is -2.80. The summed E-state index contributed by atoms with van der Waals surface area (Å²) in [5.41, 5.74) is 2.06. The maximum atomic E-state index is 13.0. The molecule has 30 heavy (non-hydrogen) atoms. The van der Waals surface area contributed by atoms with Gasteiger partial charge in [0.2, 0.25) is 5.78 Å². The molecule has 0 aliphatic carbocycles. The van der Waals surface area contributed by atoms with E-state index in [1.54, 1.807) is 30.5 Å². The van der Waals surface area contributed by atoms with Gasteiger partial charge in [-0.25, -0.2) is 0 Å². The summed E-state index contributed by atoms with van der Waals surface area (Å²) in [7, 11) is 0. The highest BCUT2D eigenvalue weighted by molar-refractivity contribution is 7.10. The van der Waals surface area contributed by atoms with Gasteiger partial charge in [-0.2, -0.15) is 13.2 Å². The summed E-state index contributed by atoms with van der Waals surface area (Å²) in [6.07, 6.45) is -0.365. The summed E-state index contributed by atoms with van der Waals surface area (Å²) in [6, 6.07) is 8.72. The second kappa shape index (κ2) is 7.80. The molecule has 3 heterocycles. The Labute approximate surface area is 176 Å². The van der Waals surface area contributed by atoms with E-state index in [4.69, 9.17) is 4.42 Å². The molecule has 0 N–H and O–H groups in total. The van der Waals surface area contributed by atoms with Gasteiger partial charge in [-0.05, 0) is 66.6 Å². The second-order valence-electron chi connectivity index (χ2n) is 7.34. The van der Waals surface area contributed by atoms with Crippen molar-refractivity contribution in [2.75, 3.05) is 6.54 Å². The maximum Gasteiger partial charge on any atom is 0.416 e. The fraction of sp³-hybridized carbons (Fsp3) is 0.261. The van der Waals surface area contributed by atoms with Crippen molar-refractivity contribution in [3.8, 4) is 0 Å². The Kier molecular flexibility index (Phi) is 5.32. The molecule has 0 saturated heterocycles. The molecule has 1 aromatic carbocycles. The average Bonchev–Trinajstić information content (AvgIpc) is 3.31. The first-order valence-electron chi connectivity index (χ1n) is 9.53. The van der Waals surface area contributed by atoms with Crippen LogP contribution in [0.25, 0.3) is 0 Å². The number of carbonyl (C=O) groups excluding carboxylic acids is 1. The van der Waals surface area contributed by atoms with Gasteiger partial charge in [0.15, 0.2) is 5.76 Å². The number of aryl methyl sites for hydroxylation is 2. The highest BCUT2D eigenvalue weighted by atomic mass is 32.1. The van der Waals surface area contributed by atoms with Crippen LogP contribution in [0.5, 0.6) is 0 Å². The third-order valence-corrected chi connectivity index (χ3v) is 6.38. The predicted octanol–water partition coefficient (Wildman–Crippen LogP) is 6.32. The molecule has 0 amide bonds. The molecule has 0 radical (unpaired) electrons. The molecule has 0 fully saturated rings. The number of nitrogens with zero attached hydrogens (tertiary/aromatic N) is 1. The van der Waals surface area contributed by atoms with Gasteiger partial charge < -0.3 is 9.32 Å². The van der Waals surface area contributed by atoms with Crippen LogP contribution in [0.15, 0.2) is 58.5 Å². The minimum Gasteiger partial charge on any atom is -0.458 e. The summed E-state index contributed by atoms with van der Waals surface area (Å²) in [4.78, 5) is 15.7. The van der Waals surface area contributed by atoms with E-state index in [2.05, 4.69) is 0 Å². The van der Waals surface area contributed by atoms with Gasteiger partial charge in [0.05, 0.1) is 11.6 Å². The third kappa shape index (κ3) is 3.94. The van der Waals surface area contributed by atoms with Crippen molar-refractivity contribution in [2.45, 2.75) is 32.5 Å². The van der Waals surface area contributed by atoms with E-state index in [-0.39, 0.29) is 17.6 Å². The molecule has 7 heteroatoms. The van der Waals surface area contributed by atoms with E-state index < -0.39 is 11.7 Å². The van der Waals surface area contributed by atoms with E-state index in [0.717, 1.165) is 35.2 Å². The number of rotatable bonds is 4. The van der Waals surface area contributed by atoms with E-state index in [1.165, 1.54) is 23.1 Å². The zero-order valence-electron chi connectivity index (χ0n) is 16.5. The number of carbonyl (C=O) groups is 1. The molecule has 4 rings (SSSR count). The topological polar surface area (TPSA) is 33.5 Å². The van der Waals surface area contributed by atoms with Crippen LogP contribution in [0.1, 0.15) is 49.5 Å². The smallest absolute Gasteiger partial charge is 0.416 e. The van der Waals surface area contributed by atoms with Crippen LogP contribution in [-0.2, 0) is 12.6 Å². The maximum absolute atomic E-state index is 13.0. The number of halogens is 3. The highest BCUT2D eigenvalue weighted by Crippen LogP contribution is 2.39. The molecule has 1 unspecified atom stereocenters. The molecule has 1 atom stereocenters. The van der Waals surface area contributed by atoms with Crippen LogP contribution < -0.4 is 0 Å². The van der Waals surface area contributed by atoms with Crippen molar-refractivity contribution in [1.29, 1.82) is 0 Å². The molecule has 2 aromatic heterocycles. The van der Waals surface area contributed by atoms with Gasteiger partial charge in [0.1, 0.15) is 5.76 Å². The number of hydrogen-bond acceptors (Lipinski definition) is 4. The average molecular weight is 431 g/mol. The first kappa shape index (κ1) is 20.5. The van der Waals surface area contributed by atoms with Crippen molar-refractivity contribution in [2.24, 2.45) is 0 Å². The minimum atomic E-state index is -4.37.